The highest BCUT2D eigenvalue weighted by atomic mass is 127. The van der Waals surface area contributed by atoms with Crippen molar-refractivity contribution in [2.24, 2.45) is 0 Å². The van der Waals surface area contributed by atoms with E-state index in [1.807, 2.05) is 6.07 Å². The summed E-state index contributed by atoms with van der Waals surface area (Å²) in [5, 5.41) is 7.16. The van der Waals surface area contributed by atoms with Gasteiger partial charge in [-0.15, -0.1) is 0 Å². The SMILES string of the molecule is O=C(CCCc1nc(-c2ccc(F)cc2)no1)Nc1ccc(I)cc1Cl. The Labute approximate surface area is 168 Å². The molecule has 1 heterocycles. The number of aromatic nitrogens is 2. The monoisotopic (exact) mass is 485 g/mol. The van der Waals surface area contributed by atoms with Gasteiger partial charge >= 0.3 is 0 Å². The summed E-state index contributed by atoms with van der Waals surface area (Å²) < 4.78 is 19.1. The molecule has 2 aromatic carbocycles. The van der Waals surface area contributed by atoms with E-state index in [0.29, 0.717) is 47.3 Å². The maximum atomic E-state index is 12.9. The van der Waals surface area contributed by atoms with Crippen molar-refractivity contribution in [1.29, 1.82) is 0 Å². The first-order chi connectivity index (χ1) is 12.5. The molecular weight excluding hydrogens is 472 g/mol. The minimum absolute atomic E-state index is 0.133. The van der Waals surface area contributed by atoms with E-state index >= 15 is 0 Å². The van der Waals surface area contributed by atoms with Gasteiger partial charge in [-0.3, -0.25) is 4.79 Å². The van der Waals surface area contributed by atoms with Gasteiger partial charge in [0.15, 0.2) is 0 Å². The van der Waals surface area contributed by atoms with Gasteiger partial charge in [0, 0.05) is 22.0 Å². The molecule has 0 atom stereocenters. The predicted molar refractivity (Wildman–Crippen MR) is 105 cm³/mol. The van der Waals surface area contributed by atoms with Crippen LogP contribution in [-0.2, 0) is 11.2 Å². The van der Waals surface area contributed by atoms with E-state index in [1.165, 1.54) is 12.1 Å². The van der Waals surface area contributed by atoms with Crippen LogP contribution in [0, 0.1) is 9.39 Å². The van der Waals surface area contributed by atoms with E-state index in [0.717, 1.165) is 3.57 Å². The second-order valence-corrected chi connectivity index (χ2v) is 7.20. The van der Waals surface area contributed by atoms with Gasteiger partial charge in [-0.2, -0.15) is 4.98 Å². The maximum Gasteiger partial charge on any atom is 0.226 e. The standard InChI is InChI=1S/C18H14ClFIN3O2/c19-14-10-13(21)8-9-15(14)22-16(25)2-1-3-17-23-18(24-26-17)11-4-6-12(20)7-5-11/h4-10H,1-3H2,(H,22,25). The van der Waals surface area contributed by atoms with Crippen LogP contribution >= 0.6 is 34.2 Å². The first-order valence-electron chi connectivity index (χ1n) is 7.85. The zero-order valence-electron chi connectivity index (χ0n) is 13.5. The Balaban J connectivity index is 1.50. The lowest BCUT2D eigenvalue weighted by Gasteiger charge is -2.07. The zero-order chi connectivity index (χ0) is 18.5. The van der Waals surface area contributed by atoms with Gasteiger partial charge in [0.05, 0.1) is 10.7 Å². The van der Waals surface area contributed by atoms with Crippen molar-refractivity contribution in [2.75, 3.05) is 5.32 Å². The number of nitrogens with zero attached hydrogens (tertiary/aromatic N) is 2. The summed E-state index contributed by atoms with van der Waals surface area (Å²) >= 11 is 8.25. The molecule has 1 N–H and O–H groups in total. The fraction of sp³-hybridized carbons (Fsp3) is 0.167. The Morgan fingerprint density at radius 1 is 1.23 bits per heavy atom. The van der Waals surface area contributed by atoms with Crippen molar-refractivity contribution in [1.82, 2.24) is 10.1 Å². The predicted octanol–water partition coefficient (Wildman–Crippen LogP) is 5.10. The lowest BCUT2D eigenvalue weighted by atomic mass is 10.2. The fourth-order valence-electron chi connectivity index (χ4n) is 2.28. The van der Waals surface area contributed by atoms with E-state index in [-0.39, 0.29) is 11.7 Å². The van der Waals surface area contributed by atoms with E-state index in [2.05, 4.69) is 38.0 Å². The molecule has 3 rings (SSSR count). The van der Waals surface area contributed by atoms with Crippen molar-refractivity contribution in [3.63, 3.8) is 0 Å². The highest BCUT2D eigenvalue weighted by molar-refractivity contribution is 14.1. The molecule has 0 aliphatic heterocycles. The van der Waals surface area contributed by atoms with Crippen molar-refractivity contribution in [3.8, 4) is 11.4 Å². The number of carbonyl (C=O) groups excluding carboxylic acids is 1. The average Bonchev–Trinajstić information content (AvgIpc) is 3.07. The topological polar surface area (TPSA) is 68.0 Å². The molecule has 0 unspecified atom stereocenters. The number of amides is 1. The molecule has 0 radical (unpaired) electrons. The quantitative estimate of drug-likeness (QED) is 0.494. The number of rotatable bonds is 6. The van der Waals surface area contributed by atoms with Crippen LogP contribution in [-0.4, -0.2) is 16.0 Å². The molecule has 8 heteroatoms. The number of halogens is 3. The summed E-state index contributed by atoms with van der Waals surface area (Å²) in [6, 6.07) is 11.3. The number of anilines is 1. The summed E-state index contributed by atoms with van der Waals surface area (Å²) in [5.74, 6) is 0.377. The van der Waals surface area contributed by atoms with Crippen LogP contribution in [0.3, 0.4) is 0 Å². The summed E-state index contributed by atoms with van der Waals surface area (Å²) in [5.41, 5.74) is 1.26. The number of hydrogen-bond acceptors (Lipinski definition) is 4. The van der Waals surface area contributed by atoms with Crippen LogP contribution in [0.2, 0.25) is 5.02 Å². The fourth-order valence-corrected chi connectivity index (χ4v) is 3.18. The van der Waals surface area contributed by atoms with Crippen LogP contribution in [0.1, 0.15) is 18.7 Å². The van der Waals surface area contributed by atoms with Gasteiger partial charge in [-0.05, 0) is 71.5 Å². The number of aryl methyl sites for hydroxylation is 1. The van der Waals surface area contributed by atoms with Crippen LogP contribution < -0.4 is 5.32 Å². The second kappa shape index (κ2) is 8.59. The van der Waals surface area contributed by atoms with Crippen molar-refractivity contribution >= 4 is 45.8 Å². The largest absolute Gasteiger partial charge is 0.339 e. The van der Waals surface area contributed by atoms with Crippen LogP contribution in [0.5, 0.6) is 0 Å². The lowest BCUT2D eigenvalue weighted by molar-refractivity contribution is -0.116. The number of hydrogen-bond donors (Lipinski definition) is 1. The van der Waals surface area contributed by atoms with Crippen molar-refractivity contribution < 1.29 is 13.7 Å². The molecule has 0 saturated carbocycles. The minimum Gasteiger partial charge on any atom is -0.339 e. The summed E-state index contributed by atoms with van der Waals surface area (Å²) in [4.78, 5) is 16.3. The first-order valence-corrected chi connectivity index (χ1v) is 9.30. The maximum absolute atomic E-state index is 12.9. The molecule has 134 valence electrons. The average molecular weight is 486 g/mol. The van der Waals surface area contributed by atoms with Gasteiger partial charge in [-0.1, -0.05) is 16.8 Å². The molecule has 0 spiro atoms. The third kappa shape index (κ3) is 5.01. The van der Waals surface area contributed by atoms with E-state index < -0.39 is 0 Å². The summed E-state index contributed by atoms with van der Waals surface area (Å²) in [6.07, 6.45) is 1.33. The van der Waals surface area contributed by atoms with Gasteiger partial charge in [0.1, 0.15) is 5.82 Å². The molecule has 5 nitrogen and oxygen atoms in total. The number of carbonyl (C=O) groups is 1. The van der Waals surface area contributed by atoms with Crippen molar-refractivity contribution in [2.45, 2.75) is 19.3 Å². The summed E-state index contributed by atoms with van der Waals surface area (Å²) in [7, 11) is 0. The van der Waals surface area contributed by atoms with Gasteiger partial charge in [0.2, 0.25) is 17.6 Å². The zero-order valence-corrected chi connectivity index (χ0v) is 16.4. The molecule has 0 saturated heterocycles. The normalized spacial score (nSPS) is 10.7. The molecule has 3 aromatic rings. The van der Waals surface area contributed by atoms with Crippen LogP contribution in [0.4, 0.5) is 10.1 Å². The number of benzene rings is 2. The highest BCUT2D eigenvalue weighted by Gasteiger charge is 2.11. The smallest absolute Gasteiger partial charge is 0.226 e. The Kier molecular flexibility index (Phi) is 6.20. The molecule has 1 aromatic heterocycles. The molecule has 0 bridgehead atoms. The third-order valence-corrected chi connectivity index (χ3v) is 4.55. The Morgan fingerprint density at radius 2 is 2.00 bits per heavy atom. The molecule has 0 aliphatic rings. The third-order valence-electron chi connectivity index (χ3n) is 3.57. The molecule has 0 aliphatic carbocycles. The van der Waals surface area contributed by atoms with Crippen molar-refractivity contribution in [3.05, 3.63) is 62.8 Å². The van der Waals surface area contributed by atoms with Gasteiger partial charge in [-0.25, -0.2) is 4.39 Å². The van der Waals surface area contributed by atoms with E-state index in [1.54, 1.807) is 24.3 Å². The highest BCUT2D eigenvalue weighted by Crippen LogP contribution is 2.24. The van der Waals surface area contributed by atoms with Gasteiger partial charge < -0.3 is 9.84 Å². The molecule has 0 fully saturated rings. The second-order valence-electron chi connectivity index (χ2n) is 5.54. The Bertz CT molecular complexity index is 915. The van der Waals surface area contributed by atoms with Crippen LogP contribution in [0.25, 0.3) is 11.4 Å². The Morgan fingerprint density at radius 3 is 2.73 bits per heavy atom. The first kappa shape index (κ1) is 18.8. The Hall–Kier alpha value is -2.00. The van der Waals surface area contributed by atoms with Crippen LogP contribution in [0.15, 0.2) is 47.0 Å². The molecule has 1 amide bonds. The van der Waals surface area contributed by atoms with E-state index in [9.17, 15) is 9.18 Å². The summed E-state index contributed by atoms with van der Waals surface area (Å²) in [6.45, 7) is 0. The minimum atomic E-state index is -0.322. The lowest BCUT2D eigenvalue weighted by Crippen LogP contribution is -2.12. The molecule has 26 heavy (non-hydrogen) atoms. The van der Waals surface area contributed by atoms with Gasteiger partial charge in [0.25, 0.3) is 0 Å². The number of nitrogens with one attached hydrogen (secondary N) is 1. The molecular formula is C18H14ClFIN3O2. The van der Waals surface area contributed by atoms with E-state index in [4.69, 9.17) is 16.1 Å².